The monoisotopic (exact) mass is 293 g/mol. The van der Waals surface area contributed by atoms with Crippen LogP contribution >= 0.6 is 23.2 Å². The normalized spacial score (nSPS) is 21.5. The summed E-state index contributed by atoms with van der Waals surface area (Å²) in [5.74, 6) is 0. The zero-order valence-electron chi connectivity index (χ0n) is 10.4. The summed E-state index contributed by atoms with van der Waals surface area (Å²) in [5, 5.41) is 7.19. The number of aliphatic imine (C=N–C) groups is 1. The summed E-state index contributed by atoms with van der Waals surface area (Å²) in [4.78, 5) is 4.18. The summed E-state index contributed by atoms with van der Waals surface area (Å²) >= 11 is 12.4. The van der Waals surface area contributed by atoms with Crippen molar-refractivity contribution in [2.75, 3.05) is 7.05 Å². The number of benzene rings is 1. The molecule has 0 saturated heterocycles. The van der Waals surface area contributed by atoms with Crippen molar-refractivity contribution in [1.29, 1.82) is 0 Å². The van der Waals surface area contributed by atoms with Crippen molar-refractivity contribution in [3.63, 3.8) is 0 Å². The highest BCUT2D eigenvalue weighted by Crippen LogP contribution is 2.39. The molecule has 0 saturated carbocycles. The molecule has 5 heteroatoms. The van der Waals surface area contributed by atoms with Gasteiger partial charge in [0.2, 0.25) is 0 Å². The summed E-state index contributed by atoms with van der Waals surface area (Å²) in [6.07, 6.45) is 2.65. The fourth-order valence-corrected chi connectivity index (χ4v) is 2.84. The lowest BCUT2D eigenvalue weighted by atomic mass is 10.0. The second-order valence-corrected chi connectivity index (χ2v) is 5.24. The van der Waals surface area contributed by atoms with E-state index in [-0.39, 0.29) is 0 Å². The van der Waals surface area contributed by atoms with E-state index in [9.17, 15) is 0 Å². The van der Waals surface area contributed by atoms with Crippen LogP contribution in [-0.4, -0.2) is 18.9 Å². The van der Waals surface area contributed by atoms with Gasteiger partial charge in [-0.05, 0) is 11.6 Å². The van der Waals surface area contributed by atoms with Gasteiger partial charge in [-0.3, -0.25) is 4.99 Å². The second-order valence-electron chi connectivity index (χ2n) is 4.42. The second kappa shape index (κ2) is 4.91. The Balaban J connectivity index is 2.13. The highest BCUT2D eigenvalue weighted by Gasteiger charge is 2.28. The van der Waals surface area contributed by atoms with E-state index in [1.54, 1.807) is 0 Å². The fraction of sp³-hybridized carbons (Fsp3) is 0.214. The summed E-state index contributed by atoms with van der Waals surface area (Å²) in [5.41, 5.74) is 4.95. The van der Waals surface area contributed by atoms with Crippen LogP contribution in [-0.2, 0) is 0 Å². The molecule has 3 nitrogen and oxygen atoms in total. The largest absolute Gasteiger partial charge is 0.391 e. The molecule has 1 aromatic rings. The third-order valence-corrected chi connectivity index (χ3v) is 3.86. The van der Waals surface area contributed by atoms with Crippen LogP contribution in [0.3, 0.4) is 0 Å². The predicted octanol–water partition coefficient (Wildman–Crippen LogP) is 3.12. The number of hydrogen-bond acceptors (Lipinski definition) is 3. The lowest BCUT2D eigenvalue weighted by Crippen LogP contribution is -2.26. The number of hydrogen-bond donors (Lipinski definition) is 2. The van der Waals surface area contributed by atoms with Crippen LogP contribution < -0.4 is 10.6 Å². The summed E-state index contributed by atoms with van der Waals surface area (Å²) in [6, 6.07) is 7.82. The number of allylic oxidation sites excluding steroid dienone is 2. The minimum atomic E-state index is -0.424. The Hall–Kier alpha value is -1.45. The van der Waals surface area contributed by atoms with Crippen molar-refractivity contribution in [3.05, 3.63) is 51.8 Å². The van der Waals surface area contributed by atoms with Crippen LogP contribution in [0.25, 0.3) is 5.57 Å². The molecule has 1 atom stereocenters. The molecule has 2 aliphatic rings. The Kier molecular flexibility index (Phi) is 3.25. The van der Waals surface area contributed by atoms with Gasteiger partial charge >= 0.3 is 0 Å². The molecule has 0 bridgehead atoms. The van der Waals surface area contributed by atoms with Crippen molar-refractivity contribution >= 4 is 35.0 Å². The number of nitrogens with one attached hydrogen (secondary N) is 2. The molecular formula is C14H13Cl2N3. The first kappa shape index (κ1) is 12.6. The van der Waals surface area contributed by atoms with E-state index in [0.717, 1.165) is 39.5 Å². The Morgan fingerprint density at radius 3 is 2.89 bits per heavy atom. The van der Waals surface area contributed by atoms with Crippen molar-refractivity contribution in [3.8, 4) is 0 Å². The maximum absolute atomic E-state index is 6.32. The molecule has 0 fully saturated rings. The molecule has 98 valence electrons. The first-order chi connectivity index (χ1) is 9.20. The highest BCUT2D eigenvalue weighted by molar-refractivity contribution is 6.32. The molecular weight excluding hydrogens is 281 g/mol. The van der Waals surface area contributed by atoms with Crippen LogP contribution in [0, 0.1) is 0 Å². The van der Waals surface area contributed by atoms with Gasteiger partial charge in [0, 0.05) is 41.5 Å². The van der Waals surface area contributed by atoms with Gasteiger partial charge in [-0.25, -0.2) is 0 Å². The van der Waals surface area contributed by atoms with Gasteiger partial charge in [0.05, 0.1) is 5.70 Å². The Morgan fingerprint density at radius 2 is 2.16 bits per heavy atom. The van der Waals surface area contributed by atoms with Crippen LogP contribution in [0.5, 0.6) is 0 Å². The minimum Gasteiger partial charge on any atom is -0.391 e. The molecule has 0 aromatic heterocycles. The highest BCUT2D eigenvalue weighted by atomic mass is 35.5. The zero-order chi connectivity index (χ0) is 13.4. The molecule has 1 aliphatic heterocycles. The average Bonchev–Trinajstić information content (AvgIpc) is 2.77. The molecule has 0 spiro atoms. The molecule has 1 aliphatic carbocycles. The summed E-state index contributed by atoms with van der Waals surface area (Å²) in [6.45, 7) is 0. The minimum absolute atomic E-state index is 0.424. The molecule has 19 heavy (non-hydrogen) atoms. The summed E-state index contributed by atoms with van der Waals surface area (Å²) in [7, 11) is 1.92. The van der Waals surface area contributed by atoms with Gasteiger partial charge in [0.15, 0.2) is 5.62 Å². The van der Waals surface area contributed by atoms with Gasteiger partial charge in [0.1, 0.15) is 0 Å². The molecule has 2 N–H and O–H groups in total. The molecule has 3 rings (SSSR count). The first-order valence-electron chi connectivity index (χ1n) is 6.04. The van der Waals surface area contributed by atoms with E-state index in [2.05, 4.69) is 15.6 Å². The Bertz CT molecular complexity index is 617. The van der Waals surface area contributed by atoms with E-state index in [1.807, 2.05) is 37.5 Å². The predicted molar refractivity (Wildman–Crippen MR) is 80.3 cm³/mol. The van der Waals surface area contributed by atoms with Gasteiger partial charge in [0.25, 0.3) is 0 Å². The maximum atomic E-state index is 6.32. The Labute approximate surface area is 122 Å². The van der Waals surface area contributed by atoms with Crippen molar-refractivity contribution < 1.29 is 0 Å². The van der Waals surface area contributed by atoms with E-state index < -0.39 is 5.62 Å². The topological polar surface area (TPSA) is 36.4 Å². The van der Waals surface area contributed by atoms with E-state index in [4.69, 9.17) is 23.2 Å². The van der Waals surface area contributed by atoms with Crippen LogP contribution in [0.2, 0.25) is 5.02 Å². The third kappa shape index (κ3) is 2.13. The quantitative estimate of drug-likeness (QED) is 0.649. The summed E-state index contributed by atoms with van der Waals surface area (Å²) < 4.78 is 0. The van der Waals surface area contributed by atoms with Crippen LogP contribution in [0.4, 0.5) is 0 Å². The number of halogens is 2. The van der Waals surface area contributed by atoms with Crippen LogP contribution in [0.1, 0.15) is 12.0 Å². The van der Waals surface area contributed by atoms with Crippen molar-refractivity contribution in [2.24, 2.45) is 4.99 Å². The van der Waals surface area contributed by atoms with Crippen molar-refractivity contribution in [2.45, 2.75) is 12.0 Å². The third-order valence-electron chi connectivity index (χ3n) is 3.31. The van der Waals surface area contributed by atoms with E-state index in [1.165, 1.54) is 0 Å². The van der Waals surface area contributed by atoms with E-state index >= 15 is 0 Å². The molecule has 0 amide bonds. The number of nitrogens with zero attached hydrogens (tertiary/aromatic N) is 1. The zero-order valence-corrected chi connectivity index (χ0v) is 11.9. The van der Waals surface area contributed by atoms with E-state index in [0.29, 0.717) is 0 Å². The number of rotatable bonds is 2. The van der Waals surface area contributed by atoms with Gasteiger partial charge in [-0.15, -0.1) is 0 Å². The SMILES string of the molecule is CNC1=C(c2ccccc2Cl)C2=C(C=NC(Cl)N2)C1. The Morgan fingerprint density at radius 1 is 1.37 bits per heavy atom. The first-order valence-corrected chi connectivity index (χ1v) is 6.85. The lowest BCUT2D eigenvalue weighted by Gasteiger charge is -2.19. The smallest absolute Gasteiger partial charge is 0.195 e. The van der Waals surface area contributed by atoms with Crippen molar-refractivity contribution in [1.82, 2.24) is 10.6 Å². The standard InChI is InChI=1S/C14H13Cl2N3/c1-17-11-6-8-7-18-14(16)19-13(8)12(11)9-4-2-3-5-10(9)15/h2-5,7,14,17,19H,6H2,1H3. The number of alkyl halides is 1. The van der Waals surface area contributed by atoms with Gasteiger partial charge < -0.3 is 10.6 Å². The molecule has 1 aromatic carbocycles. The fourth-order valence-electron chi connectivity index (χ4n) is 2.44. The average molecular weight is 294 g/mol. The van der Waals surface area contributed by atoms with Gasteiger partial charge in [-0.2, -0.15) is 0 Å². The maximum Gasteiger partial charge on any atom is 0.195 e. The van der Waals surface area contributed by atoms with Gasteiger partial charge in [-0.1, -0.05) is 41.4 Å². The van der Waals surface area contributed by atoms with Crippen LogP contribution in [0.15, 0.2) is 46.2 Å². The molecule has 1 heterocycles. The molecule has 1 unspecified atom stereocenters. The molecule has 0 radical (unpaired) electrons. The lowest BCUT2D eigenvalue weighted by molar-refractivity contribution is 0.772.